The summed E-state index contributed by atoms with van der Waals surface area (Å²) in [4.78, 5) is 14.3. The van der Waals surface area contributed by atoms with Crippen molar-refractivity contribution in [3.63, 3.8) is 0 Å². The number of amides is 1. The number of rotatable bonds is 5. The lowest BCUT2D eigenvalue weighted by molar-refractivity contribution is 0.0956. The monoisotopic (exact) mass is 275 g/mol. The first-order chi connectivity index (χ1) is 9.33. The van der Waals surface area contributed by atoms with Crippen molar-refractivity contribution in [1.82, 2.24) is 15.1 Å². The standard InChI is InChI=1S/C14H17N3OS/c18-14(13-10-11-4-1-5-12(11)19-13)15-6-2-8-17-9-3-7-16-17/h3,7,9-10H,1-2,4-6,8H2,(H,15,18). The van der Waals surface area contributed by atoms with Gasteiger partial charge in [-0.05, 0) is 43.4 Å². The van der Waals surface area contributed by atoms with E-state index in [0.717, 1.165) is 30.7 Å². The first-order valence-corrected chi connectivity index (χ1v) is 7.52. The lowest BCUT2D eigenvalue weighted by atomic mass is 10.2. The Morgan fingerprint density at radius 1 is 1.47 bits per heavy atom. The molecule has 4 nitrogen and oxygen atoms in total. The summed E-state index contributed by atoms with van der Waals surface area (Å²) >= 11 is 1.66. The van der Waals surface area contributed by atoms with E-state index in [2.05, 4.69) is 16.5 Å². The van der Waals surface area contributed by atoms with Crippen molar-refractivity contribution in [2.24, 2.45) is 0 Å². The number of hydrogen-bond acceptors (Lipinski definition) is 3. The molecule has 0 fully saturated rings. The smallest absolute Gasteiger partial charge is 0.261 e. The van der Waals surface area contributed by atoms with Crippen LogP contribution in [0.1, 0.15) is 33.0 Å². The molecule has 0 atom stereocenters. The summed E-state index contributed by atoms with van der Waals surface area (Å²) in [7, 11) is 0. The number of carbonyl (C=O) groups is 1. The Kier molecular flexibility index (Phi) is 3.64. The van der Waals surface area contributed by atoms with Crippen molar-refractivity contribution in [3.05, 3.63) is 39.8 Å². The summed E-state index contributed by atoms with van der Waals surface area (Å²) in [5.41, 5.74) is 1.38. The fourth-order valence-corrected chi connectivity index (χ4v) is 3.57. The van der Waals surface area contributed by atoms with Crippen LogP contribution in [0, 0.1) is 0 Å². The third-order valence-electron chi connectivity index (χ3n) is 3.38. The van der Waals surface area contributed by atoms with Crippen molar-refractivity contribution in [3.8, 4) is 0 Å². The van der Waals surface area contributed by atoms with Crippen molar-refractivity contribution in [2.45, 2.75) is 32.2 Å². The molecule has 0 unspecified atom stereocenters. The van der Waals surface area contributed by atoms with Crippen LogP contribution in [0.15, 0.2) is 24.5 Å². The highest BCUT2D eigenvalue weighted by atomic mass is 32.1. The largest absolute Gasteiger partial charge is 0.351 e. The molecule has 0 bridgehead atoms. The molecule has 2 heterocycles. The number of nitrogens with zero attached hydrogens (tertiary/aromatic N) is 2. The molecule has 1 amide bonds. The molecule has 1 N–H and O–H groups in total. The molecule has 100 valence electrons. The Hall–Kier alpha value is -1.62. The van der Waals surface area contributed by atoms with Gasteiger partial charge >= 0.3 is 0 Å². The fourth-order valence-electron chi connectivity index (χ4n) is 2.40. The zero-order valence-electron chi connectivity index (χ0n) is 10.8. The molecule has 3 rings (SSSR count). The van der Waals surface area contributed by atoms with Crippen LogP contribution in [0.3, 0.4) is 0 Å². The molecular formula is C14H17N3OS. The van der Waals surface area contributed by atoms with Gasteiger partial charge in [0.15, 0.2) is 0 Å². The van der Waals surface area contributed by atoms with Crippen LogP contribution in [-0.4, -0.2) is 22.2 Å². The van der Waals surface area contributed by atoms with Gasteiger partial charge in [-0.3, -0.25) is 9.48 Å². The number of carbonyl (C=O) groups excluding carboxylic acids is 1. The minimum atomic E-state index is 0.0693. The topological polar surface area (TPSA) is 46.9 Å². The van der Waals surface area contributed by atoms with E-state index in [1.807, 2.05) is 16.9 Å². The van der Waals surface area contributed by atoms with Gasteiger partial charge in [0, 0.05) is 30.4 Å². The fraction of sp³-hybridized carbons (Fsp3) is 0.429. The van der Waals surface area contributed by atoms with Gasteiger partial charge in [0.2, 0.25) is 0 Å². The summed E-state index contributed by atoms with van der Waals surface area (Å²) in [5, 5.41) is 7.11. The molecule has 5 heteroatoms. The molecule has 0 radical (unpaired) electrons. The number of aromatic nitrogens is 2. The van der Waals surface area contributed by atoms with Gasteiger partial charge < -0.3 is 5.32 Å². The van der Waals surface area contributed by atoms with Crippen molar-refractivity contribution in [1.29, 1.82) is 0 Å². The second-order valence-corrected chi connectivity index (χ2v) is 5.93. The second kappa shape index (κ2) is 5.57. The van der Waals surface area contributed by atoms with E-state index in [4.69, 9.17) is 0 Å². The van der Waals surface area contributed by atoms with Gasteiger partial charge in [0.1, 0.15) is 0 Å². The highest BCUT2D eigenvalue weighted by Gasteiger charge is 2.17. The minimum absolute atomic E-state index is 0.0693. The van der Waals surface area contributed by atoms with Gasteiger partial charge in [0.05, 0.1) is 4.88 Å². The van der Waals surface area contributed by atoms with E-state index >= 15 is 0 Å². The summed E-state index contributed by atoms with van der Waals surface area (Å²) in [5.74, 6) is 0.0693. The Labute approximate surface area is 116 Å². The Bertz CT molecular complexity index is 538. The van der Waals surface area contributed by atoms with Gasteiger partial charge in [-0.25, -0.2) is 0 Å². The number of nitrogens with one attached hydrogen (secondary N) is 1. The van der Waals surface area contributed by atoms with Crippen LogP contribution >= 0.6 is 11.3 Å². The van der Waals surface area contributed by atoms with Gasteiger partial charge in [0.25, 0.3) is 5.91 Å². The van der Waals surface area contributed by atoms with E-state index in [1.165, 1.54) is 16.9 Å². The zero-order chi connectivity index (χ0) is 13.1. The molecule has 0 saturated heterocycles. The lowest BCUT2D eigenvalue weighted by Gasteiger charge is -2.04. The molecule has 0 aromatic carbocycles. The van der Waals surface area contributed by atoms with E-state index < -0.39 is 0 Å². The lowest BCUT2D eigenvalue weighted by Crippen LogP contribution is -2.24. The van der Waals surface area contributed by atoms with E-state index in [1.54, 1.807) is 17.5 Å². The van der Waals surface area contributed by atoms with E-state index in [0.29, 0.717) is 6.54 Å². The average molecular weight is 275 g/mol. The Balaban J connectivity index is 1.45. The maximum Gasteiger partial charge on any atom is 0.261 e. The first kappa shape index (κ1) is 12.4. The molecule has 2 aromatic heterocycles. The SMILES string of the molecule is O=C(NCCCn1cccn1)c1cc2c(s1)CCC2. The van der Waals surface area contributed by atoms with Crippen molar-refractivity contribution < 1.29 is 4.79 Å². The molecule has 0 spiro atoms. The highest BCUT2D eigenvalue weighted by Crippen LogP contribution is 2.30. The molecule has 0 saturated carbocycles. The predicted octanol–water partition coefficient (Wildman–Crippen LogP) is 2.25. The minimum Gasteiger partial charge on any atom is -0.351 e. The van der Waals surface area contributed by atoms with Crippen LogP contribution in [0.25, 0.3) is 0 Å². The molecule has 1 aliphatic rings. The van der Waals surface area contributed by atoms with Crippen LogP contribution < -0.4 is 5.32 Å². The van der Waals surface area contributed by atoms with Crippen molar-refractivity contribution in [2.75, 3.05) is 6.54 Å². The highest BCUT2D eigenvalue weighted by molar-refractivity contribution is 7.14. The van der Waals surface area contributed by atoms with Crippen LogP contribution in [0.4, 0.5) is 0 Å². The third-order valence-corrected chi connectivity index (χ3v) is 4.61. The number of hydrogen-bond donors (Lipinski definition) is 1. The summed E-state index contributed by atoms with van der Waals surface area (Å²) in [6.07, 6.45) is 8.13. The number of fused-ring (bicyclic) bond motifs is 1. The quantitative estimate of drug-likeness (QED) is 0.851. The molecule has 0 aliphatic heterocycles. The molecule has 2 aromatic rings. The Morgan fingerprint density at radius 3 is 3.21 bits per heavy atom. The summed E-state index contributed by atoms with van der Waals surface area (Å²) < 4.78 is 1.88. The summed E-state index contributed by atoms with van der Waals surface area (Å²) in [6.45, 7) is 1.54. The number of aryl methyl sites for hydroxylation is 3. The first-order valence-electron chi connectivity index (χ1n) is 6.70. The van der Waals surface area contributed by atoms with Crippen LogP contribution in [0.5, 0.6) is 0 Å². The molecular weight excluding hydrogens is 258 g/mol. The summed E-state index contributed by atoms with van der Waals surface area (Å²) in [6, 6.07) is 3.97. The zero-order valence-corrected chi connectivity index (χ0v) is 11.6. The second-order valence-electron chi connectivity index (χ2n) is 4.79. The van der Waals surface area contributed by atoms with E-state index in [-0.39, 0.29) is 5.91 Å². The van der Waals surface area contributed by atoms with Crippen LogP contribution in [-0.2, 0) is 19.4 Å². The maximum absolute atomic E-state index is 12.0. The predicted molar refractivity (Wildman–Crippen MR) is 75.5 cm³/mol. The normalized spacial score (nSPS) is 13.5. The van der Waals surface area contributed by atoms with Gasteiger partial charge in [-0.1, -0.05) is 0 Å². The molecule has 19 heavy (non-hydrogen) atoms. The average Bonchev–Trinajstić information content (AvgIpc) is 3.09. The van der Waals surface area contributed by atoms with E-state index in [9.17, 15) is 4.79 Å². The van der Waals surface area contributed by atoms with Crippen molar-refractivity contribution >= 4 is 17.2 Å². The van der Waals surface area contributed by atoms with Gasteiger partial charge in [-0.15, -0.1) is 11.3 Å². The molecule has 1 aliphatic carbocycles. The Morgan fingerprint density at radius 2 is 2.42 bits per heavy atom. The van der Waals surface area contributed by atoms with Crippen LogP contribution in [0.2, 0.25) is 0 Å². The van der Waals surface area contributed by atoms with Gasteiger partial charge in [-0.2, -0.15) is 5.10 Å². The third kappa shape index (κ3) is 2.87. The maximum atomic E-state index is 12.0. The number of thiophene rings is 1.